The van der Waals surface area contributed by atoms with Crippen LogP contribution in [0.3, 0.4) is 0 Å². The first-order valence-electron chi connectivity index (χ1n) is 10.7. The zero-order valence-corrected chi connectivity index (χ0v) is 21.8. The molecule has 6 nitrogen and oxygen atoms in total. The quantitative estimate of drug-likeness (QED) is 0.201. The fourth-order valence-corrected chi connectivity index (χ4v) is 2.58. The Bertz CT molecular complexity index is 319. The van der Waals surface area contributed by atoms with E-state index in [9.17, 15) is 9.90 Å². The molecule has 0 saturated heterocycles. The number of rotatable bonds is 21. The molecule has 0 spiro atoms. The van der Waals surface area contributed by atoms with Crippen molar-refractivity contribution in [2.45, 2.75) is 71.6 Å². The SMILES string of the molecule is CC(C)CCCOCCOCCOCCNC(=O)CCCCCCCC[O-].[K+]. The zero-order valence-electron chi connectivity index (χ0n) is 18.6. The van der Waals surface area contributed by atoms with Gasteiger partial charge in [0.1, 0.15) is 0 Å². The number of nitrogens with one attached hydrogen (secondary N) is 1. The first kappa shape index (κ1) is 31.1. The van der Waals surface area contributed by atoms with Gasteiger partial charge in [-0.25, -0.2) is 0 Å². The first-order valence-corrected chi connectivity index (χ1v) is 10.7. The van der Waals surface area contributed by atoms with Gasteiger partial charge in [0, 0.05) is 19.6 Å². The first-order chi connectivity index (χ1) is 13.2. The summed E-state index contributed by atoms with van der Waals surface area (Å²) in [4.78, 5) is 11.7. The van der Waals surface area contributed by atoms with Crippen LogP contribution >= 0.6 is 0 Å². The summed E-state index contributed by atoms with van der Waals surface area (Å²) in [6.07, 6.45) is 8.86. The molecule has 0 aliphatic carbocycles. The number of carbonyl (C=O) groups excluding carboxylic acids is 1. The molecule has 1 amide bonds. The minimum absolute atomic E-state index is 0. The van der Waals surface area contributed by atoms with E-state index in [0.717, 1.165) is 57.5 Å². The van der Waals surface area contributed by atoms with Crippen LogP contribution in [-0.2, 0) is 19.0 Å². The molecule has 7 heteroatoms. The number of unbranched alkanes of at least 4 members (excludes halogenated alkanes) is 5. The molecule has 0 aromatic rings. The molecule has 0 heterocycles. The van der Waals surface area contributed by atoms with Gasteiger partial charge in [0.15, 0.2) is 0 Å². The second-order valence-electron chi connectivity index (χ2n) is 7.30. The second kappa shape index (κ2) is 26.0. The third-order valence-corrected chi connectivity index (χ3v) is 4.18. The predicted octanol–water partition coefficient (Wildman–Crippen LogP) is -0.316. The van der Waals surface area contributed by atoms with E-state index >= 15 is 0 Å². The Morgan fingerprint density at radius 3 is 1.93 bits per heavy atom. The molecule has 0 fully saturated rings. The molecule has 28 heavy (non-hydrogen) atoms. The van der Waals surface area contributed by atoms with Crippen LogP contribution < -0.4 is 61.8 Å². The van der Waals surface area contributed by atoms with Crippen LogP contribution in [-0.4, -0.2) is 58.7 Å². The molecule has 0 aromatic heterocycles. The van der Waals surface area contributed by atoms with Crippen LogP contribution in [0.2, 0.25) is 0 Å². The maximum Gasteiger partial charge on any atom is 1.00 e. The maximum absolute atomic E-state index is 11.7. The Kier molecular flexibility index (Phi) is 28.9. The average Bonchev–Trinajstić information content (AvgIpc) is 2.64. The third kappa shape index (κ3) is 26.9. The molecular weight excluding hydrogens is 385 g/mol. The fraction of sp³-hybridized carbons (Fsp3) is 0.952. The molecule has 0 unspecified atom stereocenters. The average molecular weight is 428 g/mol. The molecule has 0 atom stereocenters. The van der Waals surface area contributed by atoms with Crippen LogP contribution in [0.1, 0.15) is 71.6 Å². The van der Waals surface area contributed by atoms with Gasteiger partial charge in [0.2, 0.25) is 5.91 Å². The molecule has 0 aliphatic rings. The van der Waals surface area contributed by atoms with Crippen molar-refractivity contribution in [2.75, 3.05) is 52.8 Å². The van der Waals surface area contributed by atoms with E-state index in [0.29, 0.717) is 46.0 Å². The minimum atomic E-state index is 0. The van der Waals surface area contributed by atoms with Crippen LogP contribution in [0.25, 0.3) is 0 Å². The molecule has 1 N–H and O–H groups in total. The monoisotopic (exact) mass is 427 g/mol. The van der Waals surface area contributed by atoms with Crippen molar-refractivity contribution in [1.29, 1.82) is 0 Å². The van der Waals surface area contributed by atoms with Gasteiger partial charge < -0.3 is 24.6 Å². The van der Waals surface area contributed by atoms with E-state index < -0.39 is 0 Å². The van der Waals surface area contributed by atoms with Crippen molar-refractivity contribution in [1.82, 2.24) is 5.32 Å². The van der Waals surface area contributed by atoms with E-state index in [2.05, 4.69) is 19.2 Å². The summed E-state index contributed by atoms with van der Waals surface area (Å²) in [6.45, 7) is 8.64. The van der Waals surface area contributed by atoms with Crippen LogP contribution in [0.5, 0.6) is 0 Å². The standard InChI is InChI=1S/C21H42NO5.K/c1-20(2)10-9-14-25-16-18-27-19-17-26-15-12-22-21(24)11-7-5-3-4-6-8-13-23;/h20H,3-19H2,1-2H3,(H,22,24);/q-1;+1. The number of hydrogen-bond acceptors (Lipinski definition) is 5. The van der Waals surface area contributed by atoms with E-state index in [4.69, 9.17) is 14.2 Å². The molecule has 162 valence electrons. The van der Waals surface area contributed by atoms with Crippen molar-refractivity contribution in [3.05, 3.63) is 0 Å². The summed E-state index contributed by atoms with van der Waals surface area (Å²) in [5.74, 6) is 0.821. The fourth-order valence-electron chi connectivity index (χ4n) is 2.58. The number of amides is 1. The van der Waals surface area contributed by atoms with Crippen molar-refractivity contribution >= 4 is 5.91 Å². The summed E-state index contributed by atoms with van der Waals surface area (Å²) in [7, 11) is 0. The van der Waals surface area contributed by atoms with E-state index in [1.165, 1.54) is 6.42 Å². The number of hydrogen-bond donors (Lipinski definition) is 1. The van der Waals surface area contributed by atoms with Crippen LogP contribution in [0.15, 0.2) is 0 Å². The molecule has 0 radical (unpaired) electrons. The smallest absolute Gasteiger partial charge is 0.854 e. The number of carbonyl (C=O) groups is 1. The van der Waals surface area contributed by atoms with Gasteiger partial charge in [-0.15, -0.1) is 6.61 Å². The Hall–Kier alpha value is 0.946. The van der Waals surface area contributed by atoms with E-state index in [-0.39, 0.29) is 63.9 Å². The van der Waals surface area contributed by atoms with E-state index in [1.54, 1.807) is 0 Å². The summed E-state index contributed by atoms with van der Waals surface area (Å²) >= 11 is 0. The topological polar surface area (TPSA) is 79.8 Å². The minimum Gasteiger partial charge on any atom is -0.854 e. The Balaban J connectivity index is 0. The molecule has 0 bridgehead atoms. The largest absolute Gasteiger partial charge is 1.00 e. The summed E-state index contributed by atoms with van der Waals surface area (Å²) in [5, 5.41) is 13.2. The molecule has 0 aliphatic heterocycles. The summed E-state index contributed by atoms with van der Waals surface area (Å²) < 4.78 is 16.4. The van der Waals surface area contributed by atoms with Gasteiger partial charge >= 0.3 is 51.4 Å². The van der Waals surface area contributed by atoms with E-state index in [1.807, 2.05) is 0 Å². The van der Waals surface area contributed by atoms with Gasteiger partial charge in [-0.3, -0.25) is 4.79 Å². The van der Waals surface area contributed by atoms with Gasteiger partial charge in [-0.05, 0) is 25.2 Å². The van der Waals surface area contributed by atoms with Gasteiger partial charge in [0.25, 0.3) is 0 Å². The van der Waals surface area contributed by atoms with Gasteiger partial charge in [-0.1, -0.05) is 46.0 Å². The maximum atomic E-state index is 11.7. The molecule has 0 saturated carbocycles. The van der Waals surface area contributed by atoms with Gasteiger partial charge in [0.05, 0.1) is 33.0 Å². The molecular formula is C21H42KNO5. The second-order valence-corrected chi connectivity index (χ2v) is 7.30. The Labute approximate surface area is 215 Å². The van der Waals surface area contributed by atoms with Crippen LogP contribution in [0, 0.1) is 5.92 Å². The van der Waals surface area contributed by atoms with Crippen LogP contribution in [0.4, 0.5) is 0 Å². The normalized spacial score (nSPS) is 10.9. The Morgan fingerprint density at radius 2 is 1.32 bits per heavy atom. The number of ether oxygens (including phenoxy) is 3. The zero-order chi connectivity index (χ0) is 20.0. The van der Waals surface area contributed by atoms with Crippen molar-refractivity contribution in [3.8, 4) is 0 Å². The molecule has 0 aromatic carbocycles. The molecule has 0 rings (SSSR count). The van der Waals surface area contributed by atoms with Crippen molar-refractivity contribution < 1.29 is 75.5 Å². The summed E-state index contributed by atoms with van der Waals surface area (Å²) in [5.41, 5.74) is 0. The van der Waals surface area contributed by atoms with Crippen molar-refractivity contribution in [2.24, 2.45) is 5.92 Å². The van der Waals surface area contributed by atoms with Gasteiger partial charge in [-0.2, -0.15) is 0 Å². The third-order valence-electron chi connectivity index (χ3n) is 4.18. The summed E-state index contributed by atoms with van der Waals surface area (Å²) in [6, 6.07) is 0. The van der Waals surface area contributed by atoms with Crippen molar-refractivity contribution in [3.63, 3.8) is 0 Å². The predicted molar refractivity (Wildman–Crippen MR) is 107 cm³/mol. The Morgan fingerprint density at radius 1 is 0.786 bits per heavy atom.